The quantitative estimate of drug-likeness (QED) is 0.683. The molecule has 4 nitrogen and oxygen atoms in total. The lowest BCUT2D eigenvalue weighted by Crippen LogP contribution is -2.30. The summed E-state index contributed by atoms with van der Waals surface area (Å²) in [6.07, 6.45) is 5.58. The largest absolute Gasteiger partial charge is 0.489 e. The zero-order valence-corrected chi connectivity index (χ0v) is 15.8. The highest BCUT2D eigenvalue weighted by molar-refractivity contribution is 6.30. The monoisotopic (exact) mass is 384 g/mol. The molecule has 27 heavy (non-hydrogen) atoms. The van der Waals surface area contributed by atoms with Gasteiger partial charge in [-0.2, -0.15) is 0 Å². The summed E-state index contributed by atoms with van der Waals surface area (Å²) < 4.78 is 11.9. The van der Waals surface area contributed by atoms with Gasteiger partial charge in [0.1, 0.15) is 23.9 Å². The first-order valence-corrected chi connectivity index (χ1v) is 9.71. The molecule has 0 N–H and O–H groups in total. The number of halogens is 1. The molecule has 1 heterocycles. The lowest BCUT2D eigenvalue weighted by molar-refractivity contribution is -0.117. The molecule has 140 valence electrons. The minimum atomic E-state index is -0.470. The van der Waals surface area contributed by atoms with E-state index in [1.165, 1.54) is 0 Å². The average Bonchev–Trinajstić information content (AvgIpc) is 2.66. The molecular formula is C22H21ClO4. The Kier molecular flexibility index (Phi) is 4.92. The van der Waals surface area contributed by atoms with Crippen molar-refractivity contribution < 1.29 is 19.1 Å². The number of hydrogen-bond acceptors (Lipinski definition) is 4. The Morgan fingerprint density at radius 1 is 1.07 bits per heavy atom. The van der Waals surface area contributed by atoms with Crippen LogP contribution in [0.25, 0.3) is 0 Å². The standard InChI is InChI=1S/C22H21ClO4/c1-2-11-26-17-10-9-13(23)12-14(17)20-21-15(24)5-3-7-18(21)27-19-8-4-6-16(25)22(19)20/h2,9-10,12,20H,1,3-8,11H2. The highest BCUT2D eigenvalue weighted by Crippen LogP contribution is 2.50. The molecule has 0 atom stereocenters. The third-order valence-corrected chi connectivity index (χ3v) is 5.52. The smallest absolute Gasteiger partial charge is 0.163 e. The summed E-state index contributed by atoms with van der Waals surface area (Å²) in [5.74, 6) is 1.64. The Bertz CT molecular complexity index is 852. The van der Waals surface area contributed by atoms with E-state index in [4.69, 9.17) is 21.1 Å². The fourth-order valence-corrected chi connectivity index (χ4v) is 4.33. The molecule has 0 amide bonds. The number of ketones is 2. The summed E-state index contributed by atoms with van der Waals surface area (Å²) in [4.78, 5) is 25.7. The maximum atomic E-state index is 12.8. The summed E-state index contributed by atoms with van der Waals surface area (Å²) in [6.45, 7) is 4.02. The number of hydrogen-bond donors (Lipinski definition) is 0. The second-order valence-corrected chi connectivity index (χ2v) is 7.48. The van der Waals surface area contributed by atoms with Crippen LogP contribution in [-0.4, -0.2) is 18.2 Å². The molecule has 0 spiro atoms. The van der Waals surface area contributed by atoms with Gasteiger partial charge >= 0.3 is 0 Å². The van der Waals surface area contributed by atoms with E-state index in [-0.39, 0.29) is 11.6 Å². The lowest BCUT2D eigenvalue weighted by Gasteiger charge is -2.36. The summed E-state index contributed by atoms with van der Waals surface area (Å²) in [5.41, 5.74) is 1.94. The second-order valence-electron chi connectivity index (χ2n) is 7.04. The number of ether oxygens (including phenoxy) is 2. The third kappa shape index (κ3) is 3.23. The van der Waals surface area contributed by atoms with Crippen molar-refractivity contribution in [3.05, 3.63) is 64.1 Å². The zero-order valence-electron chi connectivity index (χ0n) is 15.1. The Balaban J connectivity index is 1.92. The van der Waals surface area contributed by atoms with Gasteiger partial charge in [0.2, 0.25) is 0 Å². The van der Waals surface area contributed by atoms with Gasteiger partial charge in [0.05, 0.1) is 5.92 Å². The summed E-state index contributed by atoms with van der Waals surface area (Å²) in [7, 11) is 0. The number of allylic oxidation sites excluding steroid dienone is 4. The molecule has 2 aliphatic carbocycles. The van der Waals surface area contributed by atoms with Crippen molar-refractivity contribution in [3.63, 3.8) is 0 Å². The first kappa shape index (κ1) is 18.1. The zero-order chi connectivity index (χ0) is 19.0. The van der Waals surface area contributed by atoms with Gasteiger partial charge in [0.25, 0.3) is 0 Å². The Hall–Kier alpha value is -2.33. The van der Waals surface area contributed by atoms with E-state index in [1.807, 2.05) is 0 Å². The minimum absolute atomic E-state index is 0.0424. The Morgan fingerprint density at radius 2 is 1.70 bits per heavy atom. The first-order chi connectivity index (χ1) is 13.1. The van der Waals surface area contributed by atoms with Crippen molar-refractivity contribution in [1.29, 1.82) is 0 Å². The van der Waals surface area contributed by atoms with Crippen molar-refractivity contribution in [1.82, 2.24) is 0 Å². The third-order valence-electron chi connectivity index (χ3n) is 5.28. The fourth-order valence-electron chi connectivity index (χ4n) is 4.15. The number of Topliss-reactive ketones (excluding diaryl/α,β-unsaturated/α-hetero) is 2. The van der Waals surface area contributed by atoms with Crippen LogP contribution in [0.5, 0.6) is 5.75 Å². The number of carbonyl (C=O) groups is 2. The molecule has 4 rings (SSSR count). The van der Waals surface area contributed by atoms with Crippen LogP contribution < -0.4 is 4.74 Å². The van der Waals surface area contributed by atoms with Crippen LogP contribution >= 0.6 is 11.6 Å². The van der Waals surface area contributed by atoms with Gasteiger partial charge in [-0.05, 0) is 31.0 Å². The number of benzene rings is 1. The average molecular weight is 385 g/mol. The second kappa shape index (κ2) is 7.35. The first-order valence-electron chi connectivity index (χ1n) is 9.33. The Labute approximate surface area is 163 Å². The SMILES string of the molecule is C=CCOc1ccc(Cl)cc1C1C2=C(CCCC2=O)OC2=C1C(=O)CCC2. The molecule has 0 bridgehead atoms. The van der Waals surface area contributed by atoms with Gasteiger partial charge in [-0.1, -0.05) is 24.3 Å². The molecule has 1 aromatic carbocycles. The van der Waals surface area contributed by atoms with Crippen LogP contribution in [0.2, 0.25) is 5.02 Å². The van der Waals surface area contributed by atoms with Crippen molar-refractivity contribution in [2.75, 3.05) is 6.61 Å². The fraction of sp³-hybridized carbons (Fsp3) is 0.364. The van der Waals surface area contributed by atoms with E-state index in [1.54, 1.807) is 24.3 Å². The van der Waals surface area contributed by atoms with Crippen LogP contribution in [0.3, 0.4) is 0 Å². The van der Waals surface area contributed by atoms with Crippen molar-refractivity contribution in [2.45, 2.75) is 44.4 Å². The van der Waals surface area contributed by atoms with Crippen LogP contribution in [0.1, 0.15) is 50.0 Å². The van der Waals surface area contributed by atoms with Crippen LogP contribution in [0.15, 0.2) is 53.5 Å². The Morgan fingerprint density at radius 3 is 2.30 bits per heavy atom. The maximum Gasteiger partial charge on any atom is 0.163 e. The van der Waals surface area contributed by atoms with Crippen LogP contribution in [0.4, 0.5) is 0 Å². The van der Waals surface area contributed by atoms with Crippen molar-refractivity contribution in [2.24, 2.45) is 0 Å². The molecule has 5 heteroatoms. The van der Waals surface area contributed by atoms with Crippen LogP contribution in [-0.2, 0) is 14.3 Å². The molecule has 0 saturated heterocycles. The van der Waals surface area contributed by atoms with E-state index < -0.39 is 5.92 Å². The molecule has 0 fully saturated rings. The number of rotatable bonds is 4. The maximum absolute atomic E-state index is 12.8. The molecule has 1 aliphatic heterocycles. The molecule has 3 aliphatic rings. The molecule has 0 saturated carbocycles. The van der Waals surface area contributed by atoms with Crippen molar-refractivity contribution in [3.8, 4) is 5.75 Å². The van der Waals surface area contributed by atoms with E-state index in [2.05, 4.69) is 6.58 Å². The van der Waals surface area contributed by atoms with E-state index in [0.29, 0.717) is 65.7 Å². The predicted octanol–water partition coefficient (Wildman–Crippen LogP) is 5.03. The molecular weight excluding hydrogens is 364 g/mol. The summed E-state index contributed by atoms with van der Waals surface area (Å²) in [5, 5.41) is 0.540. The predicted molar refractivity (Wildman–Crippen MR) is 103 cm³/mol. The molecule has 1 aromatic rings. The summed E-state index contributed by atoms with van der Waals surface area (Å²) in [6, 6.07) is 5.34. The van der Waals surface area contributed by atoms with Gasteiger partial charge in [-0.25, -0.2) is 0 Å². The topological polar surface area (TPSA) is 52.6 Å². The van der Waals surface area contributed by atoms with E-state index in [9.17, 15) is 9.59 Å². The van der Waals surface area contributed by atoms with Gasteiger partial charge in [-0.3, -0.25) is 9.59 Å². The number of carbonyl (C=O) groups excluding carboxylic acids is 2. The van der Waals surface area contributed by atoms with Gasteiger partial charge in [0.15, 0.2) is 11.6 Å². The van der Waals surface area contributed by atoms with Crippen molar-refractivity contribution >= 4 is 23.2 Å². The molecule has 0 aromatic heterocycles. The van der Waals surface area contributed by atoms with Gasteiger partial charge < -0.3 is 9.47 Å². The lowest BCUT2D eigenvalue weighted by atomic mass is 9.73. The van der Waals surface area contributed by atoms with E-state index >= 15 is 0 Å². The van der Waals surface area contributed by atoms with Gasteiger partial charge in [-0.15, -0.1) is 0 Å². The molecule has 0 radical (unpaired) electrons. The highest BCUT2D eigenvalue weighted by Gasteiger charge is 2.42. The van der Waals surface area contributed by atoms with Gasteiger partial charge in [0, 0.05) is 47.4 Å². The normalized spacial score (nSPS) is 20.2. The molecule has 0 unspecified atom stereocenters. The highest BCUT2D eigenvalue weighted by atomic mass is 35.5. The minimum Gasteiger partial charge on any atom is -0.489 e. The van der Waals surface area contributed by atoms with Crippen LogP contribution in [0, 0.1) is 0 Å². The van der Waals surface area contributed by atoms with E-state index in [0.717, 1.165) is 18.4 Å². The summed E-state index contributed by atoms with van der Waals surface area (Å²) >= 11 is 6.28.